The summed E-state index contributed by atoms with van der Waals surface area (Å²) in [5.74, 6) is -1.32. The van der Waals surface area contributed by atoms with E-state index in [4.69, 9.17) is 10.5 Å². The molecule has 25 nitrogen and oxygen atoms in total. The van der Waals surface area contributed by atoms with Crippen LogP contribution in [0.15, 0.2) is 12.7 Å². The van der Waals surface area contributed by atoms with E-state index in [0.717, 1.165) is 48.2 Å². The number of amides is 2. The van der Waals surface area contributed by atoms with E-state index in [0.29, 0.717) is 6.42 Å². The second-order valence-corrected chi connectivity index (χ2v) is 24.4. The summed E-state index contributed by atoms with van der Waals surface area (Å²) in [5, 5.41) is 36.5. The molecule has 2 amide bonds. The average Bonchev–Trinajstić information content (AvgIpc) is 3.89. The summed E-state index contributed by atoms with van der Waals surface area (Å²) in [6.45, 7) is 2.27. The van der Waals surface area contributed by atoms with Gasteiger partial charge in [0.05, 0.1) is 33.5 Å². The van der Waals surface area contributed by atoms with Crippen LogP contribution in [0.5, 0.6) is 0 Å². The van der Waals surface area contributed by atoms with Crippen molar-refractivity contribution in [1.82, 2.24) is 30.2 Å². The van der Waals surface area contributed by atoms with E-state index in [1.165, 1.54) is 117 Å². The van der Waals surface area contributed by atoms with Crippen molar-refractivity contribution in [3.63, 3.8) is 0 Å². The van der Waals surface area contributed by atoms with Crippen LogP contribution in [0.1, 0.15) is 168 Å². The maximum absolute atomic E-state index is 12.7. The molecule has 74 heavy (non-hydrogen) atoms. The number of carbonyl (C=O) groups is 3. The van der Waals surface area contributed by atoms with Crippen LogP contribution in [-0.4, -0.2) is 114 Å². The molecule has 0 aromatic carbocycles. The Morgan fingerprint density at radius 2 is 1.38 bits per heavy atom. The summed E-state index contributed by atoms with van der Waals surface area (Å²) < 4.78 is 60.9. The minimum Gasteiger partial charge on any atom is -0.790 e. The number of phosphoric ester groups is 3. The summed E-state index contributed by atoms with van der Waals surface area (Å²) in [7, 11) is -17.6. The van der Waals surface area contributed by atoms with Crippen LogP contribution < -0.4 is 35.9 Å². The Kier molecular flexibility index (Phi) is 30.0. The first-order valence-corrected chi connectivity index (χ1v) is 31.0. The van der Waals surface area contributed by atoms with Crippen molar-refractivity contribution in [1.29, 1.82) is 0 Å². The van der Waals surface area contributed by atoms with Gasteiger partial charge in [0.25, 0.3) is 15.6 Å². The number of hydrogen-bond acceptors (Lipinski definition) is 23. The number of thioether (sulfide) groups is 1. The number of nitrogens with one attached hydrogen (secondary N) is 2. The number of aromatic nitrogens is 4. The number of nitrogens with zero attached hydrogens (tertiary/aromatic N) is 4. The van der Waals surface area contributed by atoms with E-state index in [1.54, 1.807) is 0 Å². The van der Waals surface area contributed by atoms with Crippen LogP contribution in [0.2, 0.25) is 0 Å². The fourth-order valence-corrected chi connectivity index (χ4v) is 11.6. The number of ether oxygens (including phenoxy) is 1. The Morgan fingerprint density at radius 3 is 1.95 bits per heavy atom. The zero-order valence-electron chi connectivity index (χ0n) is 42.8. The molecule has 0 saturated carbocycles. The monoisotopic (exact) mass is 1130 g/mol. The molecule has 1 saturated heterocycles. The first kappa shape index (κ1) is 65.8. The molecule has 8 atom stereocenters. The Labute approximate surface area is 438 Å². The second kappa shape index (κ2) is 33.7. The van der Waals surface area contributed by atoms with Crippen LogP contribution in [0.4, 0.5) is 5.82 Å². The number of rotatable bonds is 41. The molecule has 2 unspecified atom stereocenters. The average molecular weight is 1130 g/mol. The predicted molar refractivity (Wildman–Crippen MR) is 267 cm³/mol. The lowest BCUT2D eigenvalue weighted by Gasteiger charge is -2.36. The molecule has 29 heteroatoms. The van der Waals surface area contributed by atoms with E-state index >= 15 is 0 Å². The highest BCUT2D eigenvalue weighted by Crippen LogP contribution is 2.56. The summed E-state index contributed by atoms with van der Waals surface area (Å²) in [6.07, 6.45) is 16.5. The summed E-state index contributed by atoms with van der Waals surface area (Å²) in [5.41, 5.74) is 4.07. The molecule has 0 bridgehead atoms. The lowest BCUT2D eigenvalue weighted by atomic mass is 9.87. The van der Waals surface area contributed by atoms with Gasteiger partial charge in [-0.2, -0.15) is 0 Å². The number of carbonyl (C=O) groups excluding carboxylic acids is 3. The molecule has 0 aliphatic carbocycles. The van der Waals surface area contributed by atoms with Crippen molar-refractivity contribution in [3.8, 4) is 0 Å². The van der Waals surface area contributed by atoms with Crippen LogP contribution >= 0.6 is 35.2 Å². The van der Waals surface area contributed by atoms with Gasteiger partial charge in [0, 0.05) is 37.1 Å². The quantitative estimate of drug-likeness (QED) is 0.0408. The van der Waals surface area contributed by atoms with Gasteiger partial charge in [0.15, 0.2) is 22.8 Å². The van der Waals surface area contributed by atoms with Gasteiger partial charge >= 0.3 is 0 Å². The standard InChI is InChI=1S/C45H82N7O18P3S/c1-4-5-6-7-8-9-10-11-12-13-14-15-16-17-18-19-20-21-22-23-33(53)28-36(55)74-27-26-47-35(54)24-25-48-43(58)40(57)45(2,3)30-67-73(64,65)70-72(62,63)66-29-34-39(69-71(59,60)61)38(56)44(68-34)52-32-51-37-41(46)49-31-50-42(37)52/h31-34,38-40,44,53,56-57H,4-30H2,1-3H3,(H,47,54)(H,48,58)(H,62,63)(H,64,65)(H2,46,49,50)(H2,59,60,61)/p-4/t33-,34+,38+,39+,40-,44+/m0/s1. The second-order valence-electron chi connectivity index (χ2n) is 19.2. The minimum atomic E-state index is -5.93. The molecule has 7 N–H and O–H groups in total. The fourth-order valence-electron chi connectivity index (χ4n) is 8.08. The van der Waals surface area contributed by atoms with Gasteiger partial charge in [0.2, 0.25) is 11.8 Å². The van der Waals surface area contributed by atoms with Crippen molar-refractivity contribution >= 4 is 69.1 Å². The smallest absolute Gasteiger partial charge is 0.274 e. The third-order valence-corrected chi connectivity index (χ3v) is 16.2. The van der Waals surface area contributed by atoms with Crippen molar-refractivity contribution in [2.24, 2.45) is 5.41 Å². The summed E-state index contributed by atoms with van der Waals surface area (Å²) >= 11 is 0.993. The van der Waals surface area contributed by atoms with Gasteiger partial charge in [-0.15, -0.1) is 0 Å². The highest BCUT2D eigenvalue weighted by Gasteiger charge is 2.47. The number of phosphoric acid groups is 3. The van der Waals surface area contributed by atoms with Crippen molar-refractivity contribution in [2.75, 3.05) is 37.8 Å². The predicted octanol–water partition coefficient (Wildman–Crippen LogP) is 3.71. The van der Waals surface area contributed by atoms with Crippen LogP contribution in [0.25, 0.3) is 11.2 Å². The van der Waals surface area contributed by atoms with Crippen molar-refractivity contribution in [2.45, 2.75) is 199 Å². The molecule has 0 radical (unpaired) electrons. The molecule has 1 aliphatic rings. The topological polar surface area (TPSA) is 395 Å². The number of fused-ring (bicyclic) bond motifs is 1. The zero-order valence-corrected chi connectivity index (χ0v) is 46.3. The SMILES string of the molecule is CCCCCCCCCCCCCCCCCCCCC[C@H](O)CC(=O)SCCNC(=O)CCNC(=O)[C@H](O)C(C)(C)COP(=O)([O-])OP(=O)([O-])OC[C@H]1O[C@@H](n2cnc3c(N)ncnc32)[C@H](O)[C@@H]1OP(=O)([O-])[O-]. The maximum atomic E-state index is 12.7. The largest absolute Gasteiger partial charge is 0.790 e. The number of aliphatic hydroxyl groups excluding tert-OH is 3. The lowest BCUT2D eigenvalue weighted by molar-refractivity contribution is -0.347. The molecule has 1 fully saturated rings. The van der Waals surface area contributed by atoms with Gasteiger partial charge in [-0.05, 0) is 6.42 Å². The van der Waals surface area contributed by atoms with Gasteiger partial charge in [-0.3, -0.25) is 28.1 Å². The third kappa shape index (κ3) is 25.8. The van der Waals surface area contributed by atoms with Crippen LogP contribution in [0.3, 0.4) is 0 Å². The van der Waals surface area contributed by atoms with Gasteiger partial charge < -0.3 is 74.1 Å². The summed E-state index contributed by atoms with van der Waals surface area (Å²) in [4.78, 5) is 97.2. The molecule has 2 aromatic heterocycles. The molecular weight excluding hydrogens is 1050 g/mol. The normalized spacial score (nSPS) is 19.8. The maximum Gasteiger partial charge on any atom is 0.274 e. The summed E-state index contributed by atoms with van der Waals surface area (Å²) in [6, 6.07) is 0. The van der Waals surface area contributed by atoms with E-state index in [1.807, 2.05) is 0 Å². The number of aliphatic hydroxyl groups is 3. The first-order valence-electron chi connectivity index (χ1n) is 25.6. The zero-order chi connectivity index (χ0) is 54.8. The minimum absolute atomic E-state index is 0.0179. The third-order valence-electron chi connectivity index (χ3n) is 12.3. The molecule has 3 rings (SSSR count). The number of imidazole rings is 1. The first-order chi connectivity index (χ1) is 34.9. The lowest BCUT2D eigenvalue weighted by Crippen LogP contribution is -2.46. The Bertz CT molecular complexity index is 2140. The Morgan fingerprint density at radius 1 is 0.824 bits per heavy atom. The van der Waals surface area contributed by atoms with Crippen molar-refractivity contribution in [3.05, 3.63) is 12.7 Å². The van der Waals surface area contributed by atoms with Gasteiger partial charge in [-0.1, -0.05) is 155 Å². The van der Waals surface area contributed by atoms with Gasteiger partial charge in [-0.25, -0.2) is 19.3 Å². The van der Waals surface area contributed by atoms with E-state index in [9.17, 15) is 63.0 Å². The number of nitrogens with two attached hydrogens (primary N) is 1. The number of nitrogen functional groups attached to an aromatic ring is 1. The molecule has 2 aromatic rings. The highest BCUT2D eigenvalue weighted by molar-refractivity contribution is 8.13. The number of unbranched alkanes of at least 4 members (excludes halogenated alkanes) is 18. The van der Waals surface area contributed by atoms with Crippen molar-refractivity contribution < 1.29 is 85.6 Å². The van der Waals surface area contributed by atoms with E-state index in [-0.39, 0.29) is 53.8 Å². The number of anilines is 1. The Balaban J connectivity index is 1.24. The molecule has 0 spiro atoms. The molecule has 426 valence electrons. The Hall–Kier alpha value is -2.48. The van der Waals surface area contributed by atoms with E-state index in [2.05, 4.69) is 50.4 Å². The highest BCUT2D eigenvalue weighted by atomic mass is 32.2. The fraction of sp³-hybridized carbons (Fsp3) is 0.822. The molecular formula is C45H78N7O18P3S-4. The molecule has 3 heterocycles. The molecule has 1 aliphatic heterocycles. The van der Waals surface area contributed by atoms with E-state index < -0.39 is 90.7 Å². The number of hydrogen-bond donors (Lipinski definition) is 6. The van der Waals surface area contributed by atoms with Crippen LogP contribution in [0, 0.1) is 5.41 Å². The van der Waals surface area contributed by atoms with Crippen LogP contribution in [-0.2, 0) is 50.7 Å². The van der Waals surface area contributed by atoms with Gasteiger partial charge in [0.1, 0.15) is 36.3 Å².